The van der Waals surface area contributed by atoms with Gasteiger partial charge in [-0.05, 0) is 98.8 Å². The van der Waals surface area contributed by atoms with Crippen LogP contribution in [0.3, 0.4) is 0 Å². The zero-order chi connectivity index (χ0) is 31.3. The second-order valence-electron chi connectivity index (χ2n) is 14.8. The molecule has 0 aromatic heterocycles. The van der Waals surface area contributed by atoms with E-state index in [4.69, 9.17) is 4.74 Å². The van der Waals surface area contributed by atoms with E-state index in [-0.39, 0.29) is 41.2 Å². The third kappa shape index (κ3) is 5.09. The number of Topliss-reactive ketones (excluding diaryl/α,β-unsaturated/α-hetero) is 3. The molecule has 4 rings (SSSR count). The van der Waals surface area contributed by atoms with Gasteiger partial charge in [-0.1, -0.05) is 79.1 Å². The number of carbonyl (C=O) groups is 3. The average Bonchev–Trinajstić information content (AvgIpc) is 2.90. The Balaban J connectivity index is 2.08. The van der Waals surface area contributed by atoms with Crippen molar-refractivity contribution in [2.45, 2.75) is 107 Å². The van der Waals surface area contributed by atoms with Gasteiger partial charge in [0.2, 0.25) is 0 Å². The molecule has 4 heteroatoms. The fraction of sp³-hybridized carbons (Fsp3) is 0.553. The molecule has 1 spiro atoms. The molecule has 1 saturated heterocycles. The maximum Gasteiger partial charge on any atom is 0.200 e. The molecule has 0 N–H and O–H groups in total. The third-order valence-electron chi connectivity index (χ3n) is 10.5. The largest absolute Gasteiger partial charge is 0.490 e. The lowest BCUT2D eigenvalue weighted by Gasteiger charge is -2.64. The fourth-order valence-corrected chi connectivity index (χ4v) is 7.64. The van der Waals surface area contributed by atoms with Crippen LogP contribution in [-0.4, -0.2) is 23.0 Å². The molecule has 42 heavy (non-hydrogen) atoms. The molecule has 2 aliphatic carbocycles. The van der Waals surface area contributed by atoms with E-state index in [1.165, 1.54) is 11.1 Å². The van der Waals surface area contributed by atoms with Gasteiger partial charge in [-0.25, -0.2) is 0 Å². The average molecular weight is 571 g/mol. The van der Waals surface area contributed by atoms with E-state index in [9.17, 15) is 4.79 Å². The van der Waals surface area contributed by atoms with Crippen molar-refractivity contribution in [3.05, 3.63) is 82.2 Å². The first kappa shape index (κ1) is 31.9. The van der Waals surface area contributed by atoms with Gasteiger partial charge in [-0.3, -0.25) is 14.4 Å². The molecule has 1 aromatic rings. The molecule has 226 valence electrons. The molecule has 1 saturated carbocycles. The van der Waals surface area contributed by atoms with Crippen LogP contribution < -0.4 is 0 Å². The third-order valence-corrected chi connectivity index (χ3v) is 10.5. The Kier molecular flexibility index (Phi) is 8.54. The maximum absolute atomic E-state index is 15.3. The molecular formula is C38H50O4. The molecule has 4 nitrogen and oxygen atoms in total. The normalized spacial score (nSPS) is 29.2. The minimum atomic E-state index is -1.36. The minimum Gasteiger partial charge on any atom is -0.490 e. The van der Waals surface area contributed by atoms with Crippen LogP contribution in [0.4, 0.5) is 0 Å². The molecule has 1 aliphatic heterocycles. The molecule has 1 heterocycles. The van der Waals surface area contributed by atoms with Crippen molar-refractivity contribution < 1.29 is 19.1 Å². The summed E-state index contributed by atoms with van der Waals surface area (Å²) in [5, 5.41) is 0. The zero-order valence-corrected chi connectivity index (χ0v) is 27.4. The van der Waals surface area contributed by atoms with E-state index < -0.39 is 21.8 Å². The highest BCUT2D eigenvalue weighted by Gasteiger charge is 2.74. The first-order valence-corrected chi connectivity index (χ1v) is 15.5. The Labute approximate surface area is 253 Å². The zero-order valence-electron chi connectivity index (χ0n) is 27.4. The molecular weight excluding hydrogens is 520 g/mol. The quantitative estimate of drug-likeness (QED) is 0.135. The van der Waals surface area contributed by atoms with E-state index in [0.29, 0.717) is 24.2 Å². The number of carbonyl (C=O) groups excluding carboxylic acids is 3. The van der Waals surface area contributed by atoms with Crippen LogP contribution >= 0.6 is 0 Å². The minimum absolute atomic E-state index is 0.0479. The number of rotatable bonds is 8. The van der Waals surface area contributed by atoms with Crippen LogP contribution in [0.1, 0.15) is 112 Å². The van der Waals surface area contributed by atoms with Gasteiger partial charge >= 0.3 is 0 Å². The Hall–Kier alpha value is -3.01. The number of fused-ring (bicyclic) bond motifs is 1. The highest BCUT2D eigenvalue weighted by atomic mass is 16.5. The summed E-state index contributed by atoms with van der Waals surface area (Å²) in [6, 6.07) is 8.98. The highest BCUT2D eigenvalue weighted by Crippen LogP contribution is 2.69. The summed E-state index contributed by atoms with van der Waals surface area (Å²) in [7, 11) is 0. The van der Waals surface area contributed by atoms with Crippen molar-refractivity contribution in [1.82, 2.24) is 0 Å². The van der Waals surface area contributed by atoms with Gasteiger partial charge in [0, 0.05) is 11.5 Å². The van der Waals surface area contributed by atoms with Gasteiger partial charge in [0.1, 0.15) is 22.3 Å². The van der Waals surface area contributed by atoms with Crippen molar-refractivity contribution in [2.24, 2.45) is 28.1 Å². The highest BCUT2D eigenvalue weighted by molar-refractivity contribution is 6.35. The van der Waals surface area contributed by atoms with E-state index in [0.717, 1.165) is 18.4 Å². The van der Waals surface area contributed by atoms with Gasteiger partial charge in [0.25, 0.3) is 0 Å². The lowest BCUT2D eigenvalue weighted by Crippen LogP contribution is -2.69. The lowest BCUT2D eigenvalue weighted by molar-refractivity contribution is -0.188. The molecule has 4 atom stereocenters. The number of benzene rings is 1. The van der Waals surface area contributed by atoms with Crippen molar-refractivity contribution in [3.8, 4) is 0 Å². The standard InChI is InChI=1S/C38H50O4/c1-24(2)16-18-28-22-37-23-29(19-17-25(3)4)36(9,10)42-33(37)30(31(39)27-14-12-11-13-15-27)32(40)38(34(37)41,35(28,7)8)21-20-26(5)6/h11-17,20,28-29H,18-19,21-23H2,1-10H3/t28-,29+,37-,38+/m1/s1. The lowest BCUT2D eigenvalue weighted by atomic mass is 9.39. The van der Waals surface area contributed by atoms with E-state index in [1.54, 1.807) is 12.1 Å². The summed E-state index contributed by atoms with van der Waals surface area (Å²) in [5.74, 6) is -0.325. The summed E-state index contributed by atoms with van der Waals surface area (Å²) in [6.07, 6.45) is 9.44. The SMILES string of the molecule is CC(C)=CC[C@H]1C[C@]23C[C@@H](CC=C(C)C)C(C)(C)[C@@](CC=C(C)C)(C(=O)C(C(=O)c4ccccc4)=C2OC1(C)C)C3=O. The van der Waals surface area contributed by atoms with Crippen molar-refractivity contribution in [2.75, 3.05) is 0 Å². The Bertz CT molecular complexity index is 1380. The number of ketones is 3. The first-order valence-electron chi connectivity index (χ1n) is 15.5. The summed E-state index contributed by atoms with van der Waals surface area (Å²) in [6.45, 7) is 20.6. The van der Waals surface area contributed by atoms with Crippen LogP contribution in [-0.2, 0) is 14.3 Å². The summed E-state index contributed by atoms with van der Waals surface area (Å²) < 4.78 is 6.86. The summed E-state index contributed by atoms with van der Waals surface area (Å²) in [4.78, 5) is 44.8. The van der Waals surface area contributed by atoms with Gasteiger partial charge in [0.15, 0.2) is 17.3 Å². The van der Waals surface area contributed by atoms with Gasteiger partial charge in [-0.15, -0.1) is 0 Å². The maximum atomic E-state index is 15.3. The fourth-order valence-electron chi connectivity index (χ4n) is 7.64. The smallest absolute Gasteiger partial charge is 0.200 e. The van der Waals surface area contributed by atoms with Crippen LogP contribution in [0, 0.1) is 28.1 Å². The second kappa shape index (κ2) is 11.2. The number of hydrogen-bond donors (Lipinski definition) is 0. The Morgan fingerprint density at radius 2 is 1.33 bits per heavy atom. The number of ether oxygens (including phenoxy) is 1. The predicted molar refractivity (Wildman–Crippen MR) is 170 cm³/mol. The second-order valence-corrected chi connectivity index (χ2v) is 14.8. The van der Waals surface area contributed by atoms with Crippen LogP contribution in [0.25, 0.3) is 0 Å². The number of hydrogen-bond acceptors (Lipinski definition) is 4. The summed E-state index contributed by atoms with van der Waals surface area (Å²) in [5.41, 5.74) is 0.289. The molecule has 2 fully saturated rings. The van der Waals surface area contributed by atoms with E-state index in [2.05, 4.69) is 53.7 Å². The van der Waals surface area contributed by atoms with Crippen molar-refractivity contribution in [3.63, 3.8) is 0 Å². The molecule has 0 amide bonds. The molecule has 0 unspecified atom stereocenters. The topological polar surface area (TPSA) is 60.4 Å². The van der Waals surface area contributed by atoms with Crippen LogP contribution in [0.5, 0.6) is 0 Å². The predicted octanol–water partition coefficient (Wildman–Crippen LogP) is 9.18. The van der Waals surface area contributed by atoms with Crippen molar-refractivity contribution in [1.29, 1.82) is 0 Å². The Morgan fingerprint density at radius 3 is 1.88 bits per heavy atom. The molecule has 1 aromatic carbocycles. The monoisotopic (exact) mass is 570 g/mol. The van der Waals surface area contributed by atoms with Gasteiger partial charge in [0.05, 0.1) is 5.41 Å². The van der Waals surface area contributed by atoms with Gasteiger partial charge in [-0.2, -0.15) is 0 Å². The molecule has 2 bridgehead atoms. The first-order chi connectivity index (χ1) is 19.5. The summed E-state index contributed by atoms with van der Waals surface area (Å²) >= 11 is 0. The van der Waals surface area contributed by atoms with E-state index in [1.807, 2.05) is 52.0 Å². The van der Waals surface area contributed by atoms with Gasteiger partial charge < -0.3 is 4.74 Å². The molecule has 3 aliphatic rings. The Morgan fingerprint density at radius 1 is 0.810 bits per heavy atom. The van der Waals surface area contributed by atoms with E-state index >= 15 is 9.59 Å². The molecule has 0 radical (unpaired) electrons. The number of allylic oxidation sites excluding steroid dienone is 8. The van der Waals surface area contributed by atoms with Crippen molar-refractivity contribution >= 4 is 17.3 Å². The van der Waals surface area contributed by atoms with Crippen LogP contribution in [0.15, 0.2) is 76.6 Å². The van der Waals surface area contributed by atoms with Crippen LogP contribution in [0.2, 0.25) is 0 Å².